The quantitative estimate of drug-likeness (QED) is 0.806. The average molecular weight is 231 g/mol. The smallest absolute Gasteiger partial charge is 0.275 e. The van der Waals surface area contributed by atoms with Gasteiger partial charge < -0.3 is 5.32 Å². The van der Waals surface area contributed by atoms with Gasteiger partial charge in [-0.3, -0.25) is 4.79 Å². The van der Waals surface area contributed by atoms with Gasteiger partial charge in [-0.25, -0.2) is 9.97 Å². The van der Waals surface area contributed by atoms with Gasteiger partial charge in [-0.1, -0.05) is 12.1 Å². The minimum Gasteiger partial charge on any atom is -0.305 e. The molecule has 0 atom stereocenters. The first-order valence-electron chi connectivity index (χ1n) is 5.02. The van der Waals surface area contributed by atoms with Crippen LogP contribution in [0.15, 0.2) is 36.5 Å². The number of aromatic nitrogens is 2. The van der Waals surface area contributed by atoms with E-state index in [1.807, 2.05) is 13.0 Å². The van der Waals surface area contributed by atoms with Gasteiger partial charge >= 0.3 is 0 Å². The Balaban J connectivity index is 2.14. The van der Waals surface area contributed by atoms with Crippen LogP contribution in [-0.4, -0.2) is 15.9 Å². The summed E-state index contributed by atoms with van der Waals surface area (Å²) >= 11 is 0. The van der Waals surface area contributed by atoms with Crippen molar-refractivity contribution in [2.45, 2.75) is 6.92 Å². The van der Waals surface area contributed by atoms with Gasteiger partial charge in [-0.15, -0.1) is 0 Å². The SMILES string of the molecule is Cc1ccc(NC(=O)c2cccc(F)n2)nc1. The largest absolute Gasteiger partial charge is 0.305 e. The maximum absolute atomic E-state index is 12.8. The van der Waals surface area contributed by atoms with Gasteiger partial charge in [0.1, 0.15) is 11.5 Å². The fourth-order valence-electron chi connectivity index (χ4n) is 1.26. The molecule has 86 valence electrons. The lowest BCUT2D eigenvalue weighted by atomic mass is 10.3. The molecule has 0 saturated carbocycles. The molecule has 0 aliphatic heterocycles. The Morgan fingerprint density at radius 1 is 1.29 bits per heavy atom. The second kappa shape index (κ2) is 4.69. The summed E-state index contributed by atoms with van der Waals surface area (Å²) in [5.41, 5.74) is 1.01. The number of nitrogens with zero attached hydrogens (tertiary/aromatic N) is 2. The summed E-state index contributed by atoms with van der Waals surface area (Å²) in [4.78, 5) is 19.2. The van der Waals surface area contributed by atoms with E-state index >= 15 is 0 Å². The Hall–Kier alpha value is -2.30. The number of amides is 1. The van der Waals surface area contributed by atoms with Crippen LogP contribution in [0.4, 0.5) is 10.2 Å². The van der Waals surface area contributed by atoms with Crippen molar-refractivity contribution in [2.75, 3.05) is 5.32 Å². The number of hydrogen-bond acceptors (Lipinski definition) is 3. The van der Waals surface area contributed by atoms with Gasteiger partial charge in [-0.05, 0) is 30.7 Å². The summed E-state index contributed by atoms with van der Waals surface area (Å²) in [6, 6.07) is 7.54. The number of carbonyl (C=O) groups excluding carboxylic acids is 1. The Bertz CT molecular complexity index is 540. The molecule has 1 N–H and O–H groups in total. The molecule has 0 aliphatic rings. The molecular weight excluding hydrogens is 221 g/mol. The maximum Gasteiger partial charge on any atom is 0.275 e. The zero-order valence-corrected chi connectivity index (χ0v) is 9.14. The van der Waals surface area contributed by atoms with Crippen LogP contribution in [0.25, 0.3) is 0 Å². The highest BCUT2D eigenvalue weighted by molar-refractivity contribution is 6.02. The van der Waals surface area contributed by atoms with E-state index in [4.69, 9.17) is 0 Å². The average Bonchev–Trinajstić information content (AvgIpc) is 2.32. The maximum atomic E-state index is 12.8. The van der Waals surface area contributed by atoms with Crippen molar-refractivity contribution in [1.29, 1.82) is 0 Å². The predicted octanol–water partition coefficient (Wildman–Crippen LogP) is 2.18. The van der Waals surface area contributed by atoms with Crippen LogP contribution in [0.1, 0.15) is 16.1 Å². The first-order chi connectivity index (χ1) is 8.15. The van der Waals surface area contributed by atoms with Gasteiger partial charge in [0.25, 0.3) is 5.91 Å². The van der Waals surface area contributed by atoms with Crippen molar-refractivity contribution in [1.82, 2.24) is 9.97 Å². The molecule has 0 radical (unpaired) electrons. The Labute approximate surface area is 97.5 Å². The molecule has 0 fully saturated rings. The molecule has 1 amide bonds. The van der Waals surface area contributed by atoms with Crippen molar-refractivity contribution in [3.8, 4) is 0 Å². The summed E-state index contributed by atoms with van der Waals surface area (Å²) in [6.45, 7) is 1.90. The fraction of sp³-hybridized carbons (Fsp3) is 0.0833. The molecule has 0 aromatic carbocycles. The van der Waals surface area contributed by atoms with Crippen LogP contribution in [0, 0.1) is 12.9 Å². The summed E-state index contributed by atoms with van der Waals surface area (Å²) in [5.74, 6) is -0.762. The van der Waals surface area contributed by atoms with Gasteiger partial charge in [0.2, 0.25) is 5.95 Å². The molecule has 0 spiro atoms. The zero-order chi connectivity index (χ0) is 12.3. The first kappa shape index (κ1) is 11.2. The van der Waals surface area contributed by atoms with Crippen LogP contribution in [0.3, 0.4) is 0 Å². The molecule has 0 aliphatic carbocycles. The molecule has 0 bridgehead atoms. The second-order valence-electron chi connectivity index (χ2n) is 3.52. The third-order valence-corrected chi connectivity index (χ3v) is 2.10. The second-order valence-corrected chi connectivity index (χ2v) is 3.52. The third-order valence-electron chi connectivity index (χ3n) is 2.10. The van der Waals surface area contributed by atoms with Gasteiger partial charge in [0, 0.05) is 6.20 Å². The first-order valence-corrected chi connectivity index (χ1v) is 5.02. The van der Waals surface area contributed by atoms with Gasteiger partial charge in [0.05, 0.1) is 0 Å². The Kier molecular flexibility index (Phi) is 3.09. The molecule has 0 unspecified atom stereocenters. The topological polar surface area (TPSA) is 54.9 Å². The van der Waals surface area contributed by atoms with E-state index in [0.717, 1.165) is 5.56 Å². The summed E-state index contributed by atoms with van der Waals surface area (Å²) in [5, 5.41) is 2.53. The van der Waals surface area contributed by atoms with Gasteiger partial charge in [-0.2, -0.15) is 4.39 Å². The Morgan fingerprint density at radius 2 is 2.12 bits per heavy atom. The van der Waals surface area contributed by atoms with Crippen molar-refractivity contribution in [3.63, 3.8) is 0 Å². The lowest BCUT2D eigenvalue weighted by Gasteiger charge is -2.03. The molecule has 17 heavy (non-hydrogen) atoms. The van der Waals surface area contributed by atoms with Crippen LogP contribution in [0.2, 0.25) is 0 Å². The summed E-state index contributed by atoms with van der Waals surface area (Å²) in [6.07, 6.45) is 1.63. The third kappa shape index (κ3) is 2.84. The van der Waals surface area contributed by atoms with E-state index in [2.05, 4.69) is 15.3 Å². The Morgan fingerprint density at radius 3 is 2.76 bits per heavy atom. The van der Waals surface area contributed by atoms with E-state index in [-0.39, 0.29) is 5.69 Å². The lowest BCUT2D eigenvalue weighted by molar-refractivity contribution is 0.102. The van der Waals surface area contributed by atoms with E-state index in [9.17, 15) is 9.18 Å². The van der Waals surface area contributed by atoms with Crippen molar-refractivity contribution in [2.24, 2.45) is 0 Å². The molecule has 2 aromatic rings. The fourth-order valence-corrected chi connectivity index (χ4v) is 1.26. The standard InChI is InChI=1S/C12H10FN3O/c1-8-5-6-11(14-7-8)16-12(17)9-3-2-4-10(13)15-9/h2-7H,1H3,(H,14,16,17). The van der Waals surface area contributed by atoms with Crippen LogP contribution >= 0.6 is 0 Å². The highest BCUT2D eigenvalue weighted by Crippen LogP contribution is 2.06. The lowest BCUT2D eigenvalue weighted by Crippen LogP contribution is -2.14. The number of aryl methyl sites for hydroxylation is 1. The molecule has 2 aromatic heterocycles. The minimum atomic E-state index is -0.686. The zero-order valence-electron chi connectivity index (χ0n) is 9.14. The van der Waals surface area contributed by atoms with E-state index < -0.39 is 11.9 Å². The summed E-state index contributed by atoms with van der Waals surface area (Å²) < 4.78 is 12.8. The van der Waals surface area contributed by atoms with Gasteiger partial charge in [0.15, 0.2) is 0 Å². The predicted molar refractivity (Wildman–Crippen MR) is 61.1 cm³/mol. The normalized spacial score (nSPS) is 10.0. The molecule has 5 heteroatoms. The highest BCUT2D eigenvalue weighted by Gasteiger charge is 2.08. The summed E-state index contributed by atoms with van der Waals surface area (Å²) in [7, 11) is 0. The van der Waals surface area contributed by atoms with Crippen molar-refractivity contribution >= 4 is 11.7 Å². The molecule has 2 rings (SSSR count). The van der Waals surface area contributed by atoms with Crippen molar-refractivity contribution in [3.05, 3.63) is 53.7 Å². The number of anilines is 1. The number of nitrogens with one attached hydrogen (secondary N) is 1. The van der Waals surface area contributed by atoms with Crippen LogP contribution in [-0.2, 0) is 0 Å². The van der Waals surface area contributed by atoms with E-state index in [0.29, 0.717) is 5.82 Å². The minimum absolute atomic E-state index is 0.0207. The van der Waals surface area contributed by atoms with E-state index in [1.165, 1.54) is 18.2 Å². The molecular formula is C12H10FN3O. The number of rotatable bonds is 2. The monoisotopic (exact) mass is 231 g/mol. The van der Waals surface area contributed by atoms with Crippen LogP contribution in [0.5, 0.6) is 0 Å². The molecule has 2 heterocycles. The molecule has 0 saturated heterocycles. The number of carbonyl (C=O) groups is 1. The number of halogens is 1. The van der Waals surface area contributed by atoms with E-state index in [1.54, 1.807) is 12.3 Å². The molecule has 4 nitrogen and oxygen atoms in total. The highest BCUT2D eigenvalue weighted by atomic mass is 19.1. The van der Waals surface area contributed by atoms with Crippen molar-refractivity contribution < 1.29 is 9.18 Å². The number of pyridine rings is 2. The number of hydrogen-bond donors (Lipinski definition) is 1. The van der Waals surface area contributed by atoms with Crippen LogP contribution < -0.4 is 5.32 Å².